The van der Waals surface area contributed by atoms with E-state index in [1.807, 2.05) is 0 Å². The summed E-state index contributed by atoms with van der Waals surface area (Å²) in [5.41, 5.74) is 0. The van der Waals surface area contributed by atoms with Gasteiger partial charge in [-0.2, -0.15) is 0 Å². The minimum atomic E-state index is -3.92. The van der Waals surface area contributed by atoms with Crippen LogP contribution in [0, 0.1) is 0 Å². The highest BCUT2D eigenvalue weighted by atomic mass is 32.2. The molecule has 0 amide bonds. The predicted molar refractivity (Wildman–Crippen MR) is 169 cm³/mol. The van der Waals surface area contributed by atoms with Crippen LogP contribution < -0.4 is 0 Å². The maximum Gasteiger partial charge on any atom is 0.0916 e. The number of quaternary nitrogens is 1. The van der Waals surface area contributed by atoms with Crippen LogP contribution in [0.25, 0.3) is 0 Å². The first-order chi connectivity index (χ1) is 18.2. The first-order valence-corrected chi connectivity index (χ1v) is 18.8. The number of hydrogen-bond acceptors (Lipinski definition) is 3. The second kappa shape index (κ2) is 29.8. The lowest BCUT2D eigenvalue weighted by molar-refractivity contribution is -0.929. The van der Waals surface area contributed by atoms with Gasteiger partial charge >= 0.3 is 0 Å². The largest absolute Gasteiger partial charge is 0.748 e. The fourth-order valence-electron chi connectivity index (χ4n) is 5.58. The number of nitrogens with zero attached hydrogens (tertiary/aromatic N) is 1. The van der Waals surface area contributed by atoms with Gasteiger partial charge in [-0.25, -0.2) is 8.42 Å². The first-order valence-electron chi connectivity index (χ1n) is 17.0. The summed E-state index contributed by atoms with van der Waals surface area (Å²) in [6.07, 6.45) is 35.4. The summed E-state index contributed by atoms with van der Waals surface area (Å²) in [7, 11) is -3.92. The third-order valence-electron chi connectivity index (χ3n) is 7.94. The monoisotopic (exact) mass is 562 g/mol. The first kappa shape index (κ1) is 40.0. The van der Waals surface area contributed by atoms with Gasteiger partial charge < -0.3 is 9.04 Å². The van der Waals surface area contributed by atoms with Gasteiger partial charge in [0.05, 0.1) is 36.3 Å². The van der Waals surface area contributed by atoms with Crippen molar-refractivity contribution < 1.29 is 17.5 Å². The standard InChI is InChI=1S/C32H68N.CH4O3S/c1-5-9-13-17-21-25-29-33(30-26-22-18-14-10-6-2,31-27-23-19-15-11-7-3)32-28-24-20-16-12-8-4;1-5(2,3)4/h5-32H2,1-4H3;1H3,(H,2,3,4)/q+1;/p-1. The molecule has 232 valence electrons. The second-order valence-electron chi connectivity index (χ2n) is 12.0. The molecule has 0 bridgehead atoms. The second-order valence-corrected chi connectivity index (χ2v) is 13.4. The Balaban J connectivity index is 0. The van der Waals surface area contributed by atoms with E-state index in [4.69, 9.17) is 13.0 Å². The van der Waals surface area contributed by atoms with Crippen molar-refractivity contribution in [1.29, 1.82) is 0 Å². The van der Waals surface area contributed by atoms with Crippen molar-refractivity contribution in [3.05, 3.63) is 0 Å². The average molecular weight is 562 g/mol. The van der Waals surface area contributed by atoms with E-state index < -0.39 is 10.1 Å². The molecule has 0 aromatic rings. The van der Waals surface area contributed by atoms with Crippen molar-refractivity contribution >= 4 is 10.1 Å². The molecular formula is C33H71NO3S. The van der Waals surface area contributed by atoms with Crippen molar-refractivity contribution in [2.24, 2.45) is 0 Å². The van der Waals surface area contributed by atoms with Gasteiger partial charge in [-0.15, -0.1) is 0 Å². The summed E-state index contributed by atoms with van der Waals surface area (Å²) in [6, 6.07) is 0. The Hall–Kier alpha value is -0.130. The van der Waals surface area contributed by atoms with Crippen LogP contribution in [0.15, 0.2) is 0 Å². The molecule has 38 heavy (non-hydrogen) atoms. The Bertz CT molecular complexity index is 473. The van der Waals surface area contributed by atoms with Crippen LogP contribution in [0.5, 0.6) is 0 Å². The molecule has 0 heterocycles. The zero-order valence-electron chi connectivity index (χ0n) is 26.9. The molecule has 4 nitrogen and oxygen atoms in total. The maximum atomic E-state index is 9.08. The maximum absolute atomic E-state index is 9.08. The average Bonchev–Trinajstić information content (AvgIpc) is 2.86. The summed E-state index contributed by atoms with van der Waals surface area (Å²) < 4.78 is 28.7. The summed E-state index contributed by atoms with van der Waals surface area (Å²) in [5, 5.41) is 0. The fourth-order valence-corrected chi connectivity index (χ4v) is 5.58. The van der Waals surface area contributed by atoms with Crippen molar-refractivity contribution in [2.75, 3.05) is 32.4 Å². The van der Waals surface area contributed by atoms with Crippen LogP contribution in [0.4, 0.5) is 0 Å². The van der Waals surface area contributed by atoms with Gasteiger partial charge in [0.25, 0.3) is 0 Å². The zero-order chi connectivity index (χ0) is 28.8. The molecule has 0 aliphatic rings. The molecule has 0 aromatic carbocycles. The molecule has 0 unspecified atom stereocenters. The Morgan fingerprint density at radius 2 is 0.553 bits per heavy atom. The summed E-state index contributed by atoms with van der Waals surface area (Å²) >= 11 is 0. The van der Waals surface area contributed by atoms with Crippen LogP contribution in [-0.4, -0.2) is 49.9 Å². The molecule has 0 rings (SSSR count). The number of rotatable bonds is 28. The topological polar surface area (TPSA) is 57.2 Å². The van der Waals surface area contributed by atoms with Crippen LogP contribution >= 0.6 is 0 Å². The van der Waals surface area contributed by atoms with Gasteiger partial charge in [0, 0.05) is 6.26 Å². The van der Waals surface area contributed by atoms with Crippen LogP contribution in [0.1, 0.15) is 182 Å². The molecule has 0 aliphatic heterocycles. The normalized spacial score (nSPS) is 11.9. The van der Waals surface area contributed by atoms with Gasteiger partial charge in [0.2, 0.25) is 0 Å². The van der Waals surface area contributed by atoms with Gasteiger partial charge in [-0.1, -0.05) is 130 Å². The number of hydrogen-bond donors (Lipinski definition) is 0. The fraction of sp³-hybridized carbons (Fsp3) is 1.00. The highest BCUT2D eigenvalue weighted by Crippen LogP contribution is 2.20. The van der Waals surface area contributed by atoms with E-state index in [0.717, 1.165) is 0 Å². The van der Waals surface area contributed by atoms with E-state index in [-0.39, 0.29) is 0 Å². The predicted octanol–water partition coefficient (Wildman–Crippen LogP) is 10.4. The molecule has 5 heteroatoms. The highest BCUT2D eigenvalue weighted by Gasteiger charge is 2.25. The molecule has 0 atom stereocenters. The van der Waals surface area contributed by atoms with Crippen LogP contribution in [-0.2, 0) is 10.1 Å². The van der Waals surface area contributed by atoms with Crippen molar-refractivity contribution in [2.45, 2.75) is 182 Å². The minimum Gasteiger partial charge on any atom is -0.748 e. The Labute approximate surface area is 241 Å². The van der Waals surface area contributed by atoms with E-state index in [2.05, 4.69) is 27.7 Å². The number of unbranched alkanes of at least 4 members (excludes halogenated alkanes) is 20. The van der Waals surface area contributed by atoms with Gasteiger partial charge in [-0.05, 0) is 51.4 Å². The van der Waals surface area contributed by atoms with E-state index in [9.17, 15) is 0 Å². The molecule has 0 aliphatic carbocycles. The third kappa shape index (κ3) is 33.9. The molecule has 0 saturated carbocycles. The SMILES string of the molecule is CCCCCCCC[N+](CCCCCCCC)(CCCCCCCC)CCCCCCCC.CS(=O)(=O)[O-]. The van der Waals surface area contributed by atoms with E-state index in [1.165, 1.54) is 185 Å². The van der Waals surface area contributed by atoms with Crippen molar-refractivity contribution in [3.63, 3.8) is 0 Å². The lowest BCUT2D eigenvalue weighted by Crippen LogP contribution is -2.50. The third-order valence-corrected chi connectivity index (χ3v) is 7.94. The zero-order valence-corrected chi connectivity index (χ0v) is 27.7. The van der Waals surface area contributed by atoms with E-state index >= 15 is 0 Å². The molecule has 0 saturated heterocycles. The van der Waals surface area contributed by atoms with Crippen LogP contribution in [0.3, 0.4) is 0 Å². The van der Waals surface area contributed by atoms with E-state index in [0.29, 0.717) is 6.26 Å². The Morgan fingerprint density at radius 3 is 0.737 bits per heavy atom. The van der Waals surface area contributed by atoms with E-state index in [1.54, 1.807) is 0 Å². The quantitative estimate of drug-likeness (QED) is 0.0542. The molecule has 0 radical (unpaired) electrons. The Morgan fingerprint density at radius 1 is 0.395 bits per heavy atom. The van der Waals surface area contributed by atoms with Gasteiger partial charge in [-0.3, -0.25) is 0 Å². The summed E-state index contributed by atoms with van der Waals surface area (Å²) in [6.45, 7) is 15.3. The minimum absolute atomic E-state index is 0.604. The lowest BCUT2D eigenvalue weighted by atomic mass is 10.0. The highest BCUT2D eigenvalue weighted by molar-refractivity contribution is 7.84. The van der Waals surface area contributed by atoms with Crippen molar-refractivity contribution in [3.8, 4) is 0 Å². The van der Waals surface area contributed by atoms with Gasteiger partial charge in [0.1, 0.15) is 0 Å². The molecule has 0 aromatic heterocycles. The molecule has 0 N–H and O–H groups in total. The summed E-state index contributed by atoms with van der Waals surface area (Å²) in [5.74, 6) is 0. The molecular weight excluding hydrogens is 490 g/mol. The van der Waals surface area contributed by atoms with Crippen molar-refractivity contribution in [1.82, 2.24) is 0 Å². The smallest absolute Gasteiger partial charge is 0.0916 e. The Kier molecular flexibility index (Phi) is 31.4. The lowest BCUT2D eigenvalue weighted by Gasteiger charge is -2.40. The van der Waals surface area contributed by atoms with Gasteiger partial charge in [0.15, 0.2) is 0 Å². The van der Waals surface area contributed by atoms with Crippen LogP contribution in [0.2, 0.25) is 0 Å². The molecule has 0 fully saturated rings. The molecule has 0 spiro atoms. The summed E-state index contributed by atoms with van der Waals surface area (Å²) in [4.78, 5) is 0.